The van der Waals surface area contributed by atoms with Crippen LogP contribution in [0.25, 0.3) is 0 Å². The van der Waals surface area contributed by atoms with Crippen LogP contribution in [0.2, 0.25) is 0 Å². The molecule has 1 amide bonds. The highest BCUT2D eigenvalue weighted by molar-refractivity contribution is 9.10. The van der Waals surface area contributed by atoms with Crippen molar-refractivity contribution in [1.82, 2.24) is 0 Å². The predicted molar refractivity (Wildman–Crippen MR) is 92.0 cm³/mol. The molecular weight excluding hydrogens is 326 g/mol. The molecule has 2 aromatic carbocycles. The van der Waals surface area contributed by atoms with Crippen LogP contribution in [0.1, 0.15) is 47.7 Å². The maximum absolute atomic E-state index is 12.5. The minimum atomic E-state index is -0.0855. The van der Waals surface area contributed by atoms with Gasteiger partial charge < -0.3 is 5.32 Å². The molecule has 0 radical (unpaired) electrons. The highest BCUT2D eigenvalue weighted by Gasteiger charge is 2.14. The molecule has 110 valence electrons. The molecule has 21 heavy (non-hydrogen) atoms. The molecule has 3 heteroatoms. The number of aryl methyl sites for hydroxylation is 1. The Hall–Kier alpha value is -1.61. The molecule has 0 saturated heterocycles. The van der Waals surface area contributed by atoms with Crippen molar-refractivity contribution in [3.8, 4) is 0 Å². The van der Waals surface area contributed by atoms with Gasteiger partial charge in [0.2, 0.25) is 0 Å². The van der Waals surface area contributed by atoms with E-state index in [1.807, 2.05) is 43.3 Å². The molecule has 0 aromatic heterocycles. The fraction of sp³-hybridized carbons (Fsp3) is 0.278. The minimum absolute atomic E-state index is 0.0855. The number of carbonyl (C=O) groups excluding carboxylic acids is 1. The summed E-state index contributed by atoms with van der Waals surface area (Å²) in [5.74, 6) is 0.334. The fourth-order valence-electron chi connectivity index (χ4n) is 2.25. The molecule has 0 aliphatic rings. The Morgan fingerprint density at radius 2 is 1.95 bits per heavy atom. The third-order valence-electron chi connectivity index (χ3n) is 3.72. The third kappa shape index (κ3) is 3.73. The van der Waals surface area contributed by atoms with Gasteiger partial charge in [-0.25, -0.2) is 0 Å². The second-order valence-electron chi connectivity index (χ2n) is 5.33. The summed E-state index contributed by atoms with van der Waals surface area (Å²) in [5, 5.41) is 3.03. The van der Waals surface area contributed by atoms with Crippen LogP contribution >= 0.6 is 15.9 Å². The average Bonchev–Trinajstić information content (AvgIpc) is 2.46. The van der Waals surface area contributed by atoms with Gasteiger partial charge in [0.1, 0.15) is 0 Å². The SMILES string of the molecule is CCC(C)c1ccccc1NC(=O)c1ccc(C)cc1Br. The van der Waals surface area contributed by atoms with Crippen LogP contribution in [0, 0.1) is 6.92 Å². The molecule has 1 atom stereocenters. The predicted octanol–water partition coefficient (Wildman–Crippen LogP) is 5.52. The van der Waals surface area contributed by atoms with Gasteiger partial charge in [-0.05, 0) is 64.5 Å². The van der Waals surface area contributed by atoms with E-state index >= 15 is 0 Å². The molecule has 0 saturated carbocycles. The molecule has 0 bridgehead atoms. The molecule has 0 aliphatic carbocycles. The Kier molecular flexibility index (Phi) is 5.18. The number of carbonyl (C=O) groups is 1. The van der Waals surface area contributed by atoms with Gasteiger partial charge in [-0.1, -0.05) is 38.1 Å². The van der Waals surface area contributed by atoms with E-state index < -0.39 is 0 Å². The van der Waals surface area contributed by atoms with E-state index in [1.54, 1.807) is 0 Å². The molecule has 0 heterocycles. The summed E-state index contributed by atoms with van der Waals surface area (Å²) in [5.41, 5.74) is 3.85. The van der Waals surface area contributed by atoms with Crippen LogP contribution in [0.5, 0.6) is 0 Å². The number of amides is 1. The van der Waals surface area contributed by atoms with Crippen LogP contribution in [0.4, 0.5) is 5.69 Å². The van der Waals surface area contributed by atoms with Gasteiger partial charge in [0, 0.05) is 10.2 Å². The van der Waals surface area contributed by atoms with Gasteiger partial charge in [0.05, 0.1) is 5.56 Å². The van der Waals surface area contributed by atoms with E-state index in [0.29, 0.717) is 11.5 Å². The standard InChI is InChI=1S/C18H20BrNO/c1-4-13(3)14-7-5-6-8-17(14)20-18(21)15-10-9-12(2)11-16(15)19/h5-11,13H,4H2,1-3H3,(H,20,21). The lowest BCUT2D eigenvalue weighted by Crippen LogP contribution is -2.14. The lowest BCUT2D eigenvalue weighted by Gasteiger charge is -2.16. The van der Waals surface area contributed by atoms with Crippen molar-refractivity contribution in [1.29, 1.82) is 0 Å². The molecule has 2 rings (SSSR count). The monoisotopic (exact) mass is 345 g/mol. The van der Waals surface area contributed by atoms with Gasteiger partial charge in [0.15, 0.2) is 0 Å². The zero-order valence-corrected chi connectivity index (χ0v) is 14.2. The number of rotatable bonds is 4. The minimum Gasteiger partial charge on any atom is -0.322 e. The molecule has 0 fully saturated rings. The van der Waals surface area contributed by atoms with Gasteiger partial charge in [0.25, 0.3) is 5.91 Å². The summed E-state index contributed by atoms with van der Waals surface area (Å²) in [4.78, 5) is 12.5. The van der Waals surface area contributed by atoms with E-state index in [0.717, 1.165) is 22.1 Å². The maximum atomic E-state index is 12.5. The Balaban J connectivity index is 2.28. The van der Waals surface area contributed by atoms with Gasteiger partial charge in [-0.15, -0.1) is 0 Å². The van der Waals surface area contributed by atoms with Gasteiger partial charge in [-0.2, -0.15) is 0 Å². The van der Waals surface area contributed by atoms with E-state index in [1.165, 1.54) is 5.56 Å². The van der Waals surface area contributed by atoms with E-state index in [4.69, 9.17) is 0 Å². The number of halogens is 1. The van der Waals surface area contributed by atoms with Crippen LogP contribution in [-0.4, -0.2) is 5.91 Å². The van der Waals surface area contributed by atoms with Crippen LogP contribution in [0.15, 0.2) is 46.9 Å². The van der Waals surface area contributed by atoms with Crippen molar-refractivity contribution in [2.24, 2.45) is 0 Å². The Morgan fingerprint density at radius 1 is 1.24 bits per heavy atom. The van der Waals surface area contributed by atoms with Gasteiger partial charge >= 0.3 is 0 Å². The van der Waals surface area contributed by atoms with E-state index in [-0.39, 0.29) is 5.91 Å². The van der Waals surface area contributed by atoms with Gasteiger partial charge in [-0.3, -0.25) is 4.79 Å². The Morgan fingerprint density at radius 3 is 2.62 bits per heavy atom. The van der Waals surface area contributed by atoms with Crippen LogP contribution in [-0.2, 0) is 0 Å². The second-order valence-corrected chi connectivity index (χ2v) is 6.19. The maximum Gasteiger partial charge on any atom is 0.256 e. The highest BCUT2D eigenvalue weighted by atomic mass is 79.9. The van der Waals surface area contributed by atoms with Crippen molar-refractivity contribution in [3.05, 3.63) is 63.6 Å². The lowest BCUT2D eigenvalue weighted by molar-refractivity contribution is 0.102. The first-order valence-corrected chi connectivity index (χ1v) is 7.98. The molecule has 2 nitrogen and oxygen atoms in total. The molecule has 1 unspecified atom stereocenters. The second kappa shape index (κ2) is 6.90. The number of hydrogen-bond donors (Lipinski definition) is 1. The third-order valence-corrected chi connectivity index (χ3v) is 4.38. The quantitative estimate of drug-likeness (QED) is 0.776. The summed E-state index contributed by atoms with van der Waals surface area (Å²) >= 11 is 3.46. The summed E-state index contributed by atoms with van der Waals surface area (Å²) in [6, 6.07) is 13.7. The largest absolute Gasteiger partial charge is 0.322 e. The lowest BCUT2D eigenvalue weighted by atomic mass is 9.97. The number of nitrogens with one attached hydrogen (secondary N) is 1. The van der Waals surface area contributed by atoms with Crippen molar-refractivity contribution in [3.63, 3.8) is 0 Å². The number of para-hydroxylation sites is 1. The molecular formula is C18H20BrNO. The van der Waals surface area contributed by atoms with E-state index in [2.05, 4.69) is 41.2 Å². The van der Waals surface area contributed by atoms with Crippen LogP contribution in [0.3, 0.4) is 0 Å². The zero-order valence-electron chi connectivity index (χ0n) is 12.6. The average molecular weight is 346 g/mol. The van der Waals surface area contributed by atoms with Crippen molar-refractivity contribution < 1.29 is 4.79 Å². The highest BCUT2D eigenvalue weighted by Crippen LogP contribution is 2.27. The summed E-state index contributed by atoms with van der Waals surface area (Å²) in [6.07, 6.45) is 1.04. The topological polar surface area (TPSA) is 29.1 Å². The normalized spacial score (nSPS) is 12.0. The molecule has 0 spiro atoms. The summed E-state index contributed by atoms with van der Waals surface area (Å²) in [6.45, 7) is 6.33. The Labute approximate surface area is 134 Å². The fourth-order valence-corrected chi connectivity index (χ4v) is 2.93. The number of hydrogen-bond acceptors (Lipinski definition) is 1. The summed E-state index contributed by atoms with van der Waals surface area (Å²) < 4.78 is 0.820. The molecule has 2 aromatic rings. The molecule has 0 aliphatic heterocycles. The zero-order chi connectivity index (χ0) is 15.4. The smallest absolute Gasteiger partial charge is 0.256 e. The van der Waals surface area contributed by atoms with Crippen molar-refractivity contribution >= 4 is 27.5 Å². The molecule has 1 N–H and O–H groups in total. The van der Waals surface area contributed by atoms with E-state index in [9.17, 15) is 4.79 Å². The number of benzene rings is 2. The first-order valence-electron chi connectivity index (χ1n) is 7.19. The Bertz CT molecular complexity index is 651. The van der Waals surface area contributed by atoms with Crippen molar-refractivity contribution in [2.45, 2.75) is 33.1 Å². The summed E-state index contributed by atoms with van der Waals surface area (Å²) in [7, 11) is 0. The van der Waals surface area contributed by atoms with Crippen LogP contribution < -0.4 is 5.32 Å². The van der Waals surface area contributed by atoms with Crippen molar-refractivity contribution in [2.75, 3.05) is 5.32 Å². The number of anilines is 1. The first kappa shape index (κ1) is 15.8. The first-order chi connectivity index (χ1) is 10.0.